The third-order valence-electron chi connectivity index (χ3n) is 7.67. The molecule has 5 rings (SSSR count). The van der Waals surface area contributed by atoms with Crippen LogP contribution < -0.4 is 5.32 Å². The Bertz CT molecular complexity index is 486. The highest BCUT2D eigenvalue weighted by atomic mass is 16.2. The van der Waals surface area contributed by atoms with Crippen LogP contribution in [-0.4, -0.2) is 35.8 Å². The number of carbonyl (C=O) groups excluding carboxylic acids is 2. The zero-order chi connectivity index (χ0) is 16.9. The van der Waals surface area contributed by atoms with E-state index in [0.717, 1.165) is 43.7 Å². The fourth-order valence-corrected chi connectivity index (χ4v) is 6.65. The lowest BCUT2D eigenvalue weighted by Gasteiger charge is -2.59. The maximum atomic E-state index is 12.8. The van der Waals surface area contributed by atoms with Gasteiger partial charge in [-0.25, -0.2) is 0 Å². The van der Waals surface area contributed by atoms with Gasteiger partial charge < -0.3 is 10.2 Å². The first-order chi connectivity index (χ1) is 11.4. The monoisotopic (exact) mass is 332 g/mol. The number of carbonyl (C=O) groups is 2. The summed E-state index contributed by atoms with van der Waals surface area (Å²) in [6.45, 7) is 5.35. The second-order valence-electron chi connectivity index (χ2n) is 9.29. The van der Waals surface area contributed by atoms with Crippen molar-refractivity contribution in [1.29, 1.82) is 0 Å². The van der Waals surface area contributed by atoms with Crippen LogP contribution in [0.5, 0.6) is 0 Å². The van der Waals surface area contributed by atoms with Crippen molar-refractivity contribution >= 4 is 11.8 Å². The lowest BCUT2D eigenvalue weighted by molar-refractivity contribution is -0.135. The molecule has 1 atom stereocenters. The van der Waals surface area contributed by atoms with Gasteiger partial charge in [-0.2, -0.15) is 0 Å². The van der Waals surface area contributed by atoms with Crippen LogP contribution in [0.15, 0.2) is 0 Å². The molecule has 0 unspecified atom stereocenters. The predicted molar refractivity (Wildman–Crippen MR) is 93.2 cm³/mol. The summed E-state index contributed by atoms with van der Waals surface area (Å²) in [7, 11) is 0. The van der Waals surface area contributed by atoms with E-state index in [4.69, 9.17) is 0 Å². The van der Waals surface area contributed by atoms with Crippen LogP contribution in [0.25, 0.3) is 0 Å². The number of hydrogen-bond donors (Lipinski definition) is 1. The number of hydrogen-bond acceptors (Lipinski definition) is 2. The number of rotatable bonds is 3. The Morgan fingerprint density at radius 2 is 1.50 bits per heavy atom. The molecular formula is C20H32N2O2. The van der Waals surface area contributed by atoms with E-state index in [1.165, 1.54) is 38.5 Å². The molecule has 4 bridgehead atoms. The van der Waals surface area contributed by atoms with Gasteiger partial charge in [-0.1, -0.05) is 0 Å². The predicted octanol–water partition coefficient (Wildman–Crippen LogP) is 2.97. The third kappa shape index (κ3) is 2.86. The second kappa shape index (κ2) is 6.03. The van der Waals surface area contributed by atoms with Crippen LogP contribution in [0.2, 0.25) is 0 Å². The van der Waals surface area contributed by atoms with Gasteiger partial charge in [0, 0.05) is 32.0 Å². The average Bonchev–Trinajstić information content (AvgIpc) is 2.53. The zero-order valence-electron chi connectivity index (χ0n) is 15.2. The lowest BCUT2D eigenvalue weighted by atomic mass is 9.48. The van der Waals surface area contributed by atoms with Gasteiger partial charge in [-0.15, -0.1) is 0 Å². The van der Waals surface area contributed by atoms with Crippen LogP contribution in [0, 0.1) is 29.1 Å². The Kier molecular flexibility index (Phi) is 4.12. The van der Waals surface area contributed by atoms with Crippen LogP contribution in [0.1, 0.15) is 65.2 Å². The summed E-state index contributed by atoms with van der Waals surface area (Å²) in [5.41, 5.74) is 0.379. The van der Waals surface area contributed by atoms with Gasteiger partial charge in [-0.05, 0) is 81.5 Å². The van der Waals surface area contributed by atoms with Crippen molar-refractivity contribution in [2.24, 2.45) is 29.1 Å². The van der Waals surface area contributed by atoms with E-state index in [1.54, 1.807) is 6.92 Å². The molecule has 24 heavy (non-hydrogen) atoms. The number of nitrogens with one attached hydrogen (secondary N) is 1. The van der Waals surface area contributed by atoms with Crippen LogP contribution in [0.3, 0.4) is 0 Å². The normalized spacial score (nSPS) is 39.8. The van der Waals surface area contributed by atoms with Crippen molar-refractivity contribution in [2.75, 3.05) is 13.1 Å². The van der Waals surface area contributed by atoms with E-state index in [-0.39, 0.29) is 17.7 Å². The molecular weight excluding hydrogens is 300 g/mol. The molecule has 2 amide bonds. The fourth-order valence-electron chi connectivity index (χ4n) is 6.65. The molecule has 1 aliphatic heterocycles. The average molecular weight is 332 g/mol. The summed E-state index contributed by atoms with van der Waals surface area (Å²) in [4.78, 5) is 26.1. The summed E-state index contributed by atoms with van der Waals surface area (Å²) < 4.78 is 0. The summed E-state index contributed by atoms with van der Waals surface area (Å²) in [5.74, 6) is 3.24. The van der Waals surface area contributed by atoms with Gasteiger partial charge in [-0.3, -0.25) is 9.59 Å². The van der Waals surface area contributed by atoms with Gasteiger partial charge in [0.1, 0.15) is 0 Å². The van der Waals surface area contributed by atoms with Crippen molar-refractivity contribution in [3.63, 3.8) is 0 Å². The van der Waals surface area contributed by atoms with Crippen molar-refractivity contribution in [1.82, 2.24) is 10.2 Å². The highest BCUT2D eigenvalue weighted by Crippen LogP contribution is 2.61. The molecule has 1 N–H and O–H groups in total. The van der Waals surface area contributed by atoms with E-state index in [1.807, 2.05) is 4.90 Å². The first-order valence-electron chi connectivity index (χ1n) is 10.0. The topological polar surface area (TPSA) is 49.4 Å². The van der Waals surface area contributed by atoms with Crippen molar-refractivity contribution in [3.8, 4) is 0 Å². The minimum absolute atomic E-state index is 0.0944. The number of nitrogens with zero attached hydrogens (tertiary/aromatic N) is 1. The molecule has 4 saturated carbocycles. The molecule has 1 saturated heterocycles. The summed E-state index contributed by atoms with van der Waals surface area (Å²) in [5, 5.41) is 3.41. The molecule has 134 valence electrons. The van der Waals surface area contributed by atoms with Gasteiger partial charge in [0.25, 0.3) is 0 Å². The molecule has 4 heteroatoms. The largest absolute Gasteiger partial charge is 0.353 e. The molecule has 0 spiro atoms. The van der Waals surface area contributed by atoms with Gasteiger partial charge >= 0.3 is 0 Å². The number of amides is 2. The molecule has 0 aromatic heterocycles. The molecule has 1 heterocycles. The van der Waals surface area contributed by atoms with Gasteiger partial charge in [0.2, 0.25) is 11.8 Å². The molecule has 0 radical (unpaired) electrons. The molecule has 4 nitrogen and oxygen atoms in total. The summed E-state index contributed by atoms with van der Waals surface area (Å²) >= 11 is 0. The zero-order valence-corrected chi connectivity index (χ0v) is 15.2. The van der Waals surface area contributed by atoms with E-state index < -0.39 is 0 Å². The molecule has 5 aliphatic rings. The number of likely N-dealkylation sites (tertiary alicyclic amines) is 1. The number of piperidine rings is 1. The SMILES string of the molecule is CC(=O)N1CCC(C(=O)N[C@@H](C)C23CC4CC(CC(C4)C2)C3)CC1. The highest BCUT2D eigenvalue weighted by Gasteiger charge is 2.53. The van der Waals surface area contributed by atoms with Crippen LogP contribution in [-0.2, 0) is 9.59 Å². The van der Waals surface area contributed by atoms with Crippen molar-refractivity contribution in [3.05, 3.63) is 0 Å². The first kappa shape index (κ1) is 16.4. The molecule has 0 aromatic rings. The maximum Gasteiger partial charge on any atom is 0.223 e. The molecule has 5 fully saturated rings. The van der Waals surface area contributed by atoms with Crippen molar-refractivity contribution in [2.45, 2.75) is 71.3 Å². The molecule has 4 aliphatic carbocycles. The Morgan fingerprint density at radius 3 is 1.96 bits per heavy atom. The Labute approximate surface area is 145 Å². The van der Waals surface area contributed by atoms with Gasteiger partial charge in [0.05, 0.1) is 0 Å². The minimum Gasteiger partial charge on any atom is -0.353 e. The quantitative estimate of drug-likeness (QED) is 0.864. The van der Waals surface area contributed by atoms with Gasteiger partial charge in [0.15, 0.2) is 0 Å². The van der Waals surface area contributed by atoms with Crippen molar-refractivity contribution < 1.29 is 9.59 Å². The Morgan fingerprint density at radius 1 is 1.00 bits per heavy atom. The highest BCUT2D eigenvalue weighted by molar-refractivity contribution is 5.80. The summed E-state index contributed by atoms with van der Waals surface area (Å²) in [6, 6.07) is 0.309. The van der Waals surface area contributed by atoms with E-state index in [9.17, 15) is 9.59 Å². The third-order valence-corrected chi connectivity index (χ3v) is 7.67. The van der Waals surface area contributed by atoms with E-state index >= 15 is 0 Å². The van der Waals surface area contributed by atoms with Crippen LogP contribution in [0.4, 0.5) is 0 Å². The Balaban J connectivity index is 1.35. The maximum absolute atomic E-state index is 12.8. The smallest absolute Gasteiger partial charge is 0.223 e. The van der Waals surface area contributed by atoms with Crippen LogP contribution >= 0.6 is 0 Å². The van der Waals surface area contributed by atoms with E-state index in [0.29, 0.717) is 11.5 Å². The fraction of sp³-hybridized carbons (Fsp3) is 0.900. The summed E-state index contributed by atoms with van der Waals surface area (Å²) in [6.07, 6.45) is 9.99. The van der Waals surface area contributed by atoms with E-state index in [2.05, 4.69) is 12.2 Å². The first-order valence-corrected chi connectivity index (χ1v) is 10.0. The Hall–Kier alpha value is -1.06. The molecule has 0 aromatic carbocycles. The minimum atomic E-state index is 0.0944. The standard InChI is InChI=1S/C20H32N2O2/c1-13(20-10-15-7-16(11-20)9-17(8-15)12-20)21-19(24)18-3-5-22(6-4-18)14(2)23/h13,15-18H,3-12H2,1-2H3,(H,21,24)/t13-,15?,16?,17?,20?/m0/s1. The lowest BCUT2D eigenvalue weighted by Crippen LogP contribution is -2.56. The second-order valence-corrected chi connectivity index (χ2v) is 9.29.